The third-order valence-corrected chi connectivity index (χ3v) is 11.8. The van der Waals surface area contributed by atoms with Crippen molar-refractivity contribution in [1.29, 1.82) is 0 Å². The van der Waals surface area contributed by atoms with Crippen LogP contribution in [0, 0.1) is 13.8 Å². The lowest BCUT2D eigenvalue weighted by molar-refractivity contribution is 0.122. The van der Waals surface area contributed by atoms with Crippen molar-refractivity contribution < 1.29 is 35.4 Å². The van der Waals surface area contributed by atoms with Crippen LogP contribution in [0.15, 0.2) is 94.7 Å². The van der Waals surface area contributed by atoms with Gasteiger partial charge in [0.15, 0.2) is 0 Å². The van der Waals surface area contributed by atoms with Crippen molar-refractivity contribution >= 4 is 90.8 Å². The number of anilines is 10. The van der Waals surface area contributed by atoms with Gasteiger partial charge in [0.1, 0.15) is 9.79 Å². The maximum absolute atomic E-state index is 12.8. The molecule has 0 saturated carbocycles. The largest absolute Gasteiger partial charge is 0.378 e. The lowest BCUT2D eigenvalue weighted by Gasteiger charge is -2.27. The summed E-state index contributed by atoms with van der Waals surface area (Å²) >= 11 is 0. The molecule has 0 atom stereocenters. The quantitative estimate of drug-likeness (QED) is 0.0542. The van der Waals surface area contributed by atoms with Crippen LogP contribution in [0.25, 0.3) is 12.2 Å². The molecule has 20 nitrogen and oxygen atoms in total. The smallest absolute Gasteiger partial charge is 0.295 e. The van der Waals surface area contributed by atoms with E-state index in [0.29, 0.717) is 64.5 Å². The summed E-state index contributed by atoms with van der Waals surface area (Å²) in [5.41, 5.74) is 4.09. The summed E-state index contributed by atoms with van der Waals surface area (Å²) < 4.78 is 82.8. The zero-order valence-corrected chi connectivity index (χ0v) is 36.3. The van der Waals surface area contributed by atoms with Crippen LogP contribution in [-0.4, -0.2) is 108 Å². The minimum Gasteiger partial charge on any atom is -0.378 e. The molecule has 8 rings (SSSR count). The maximum atomic E-state index is 12.8. The molecule has 332 valence electrons. The van der Waals surface area contributed by atoms with Crippen LogP contribution in [0.1, 0.15) is 22.3 Å². The van der Waals surface area contributed by atoms with Gasteiger partial charge in [0.05, 0.1) is 26.4 Å². The Balaban J connectivity index is 1.06. The molecule has 22 heteroatoms. The average Bonchev–Trinajstić information content (AvgIpc) is 3.27. The van der Waals surface area contributed by atoms with E-state index in [-0.39, 0.29) is 46.3 Å². The summed E-state index contributed by atoms with van der Waals surface area (Å²) in [6.07, 6.45) is 2.60. The number of hydrogen-bond acceptors (Lipinski definition) is 18. The molecular formula is C42H44N12O8S2. The first-order valence-corrected chi connectivity index (χ1v) is 22.9. The van der Waals surface area contributed by atoms with Crippen molar-refractivity contribution in [2.75, 3.05) is 83.7 Å². The van der Waals surface area contributed by atoms with Gasteiger partial charge in [-0.25, -0.2) is 0 Å². The van der Waals surface area contributed by atoms with Gasteiger partial charge in [0.2, 0.25) is 35.7 Å². The first kappa shape index (κ1) is 43.8. The van der Waals surface area contributed by atoms with Crippen LogP contribution in [-0.2, 0) is 29.7 Å². The predicted octanol–water partition coefficient (Wildman–Crippen LogP) is 5.98. The topological polar surface area (TPSA) is 259 Å². The molecule has 0 aliphatic carbocycles. The number of aryl methyl sites for hydroxylation is 2. The van der Waals surface area contributed by atoms with E-state index in [0.717, 1.165) is 22.5 Å². The van der Waals surface area contributed by atoms with Gasteiger partial charge < -0.3 is 40.5 Å². The Morgan fingerprint density at radius 2 is 0.797 bits per heavy atom. The molecule has 6 aromatic rings. The molecule has 2 saturated heterocycles. The second-order valence-electron chi connectivity index (χ2n) is 14.8. The summed E-state index contributed by atoms with van der Waals surface area (Å²) in [5, 5.41) is 12.4. The predicted molar refractivity (Wildman–Crippen MR) is 243 cm³/mol. The third kappa shape index (κ3) is 11.2. The monoisotopic (exact) mass is 908 g/mol. The molecule has 0 amide bonds. The average molecular weight is 909 g/mol. The summed E-state index contributed by atoms with van der Waals surface area (Å²) in [6, 6.07) is 23.6. The highest BCUT2D eigenvalue weighted by atomic mass is 32.2. The van der Waals surface area contributed by atoms with Crippen molar-refractivity contribution in [2.45, 2.75) is 23.6 Å². The molecule has 6 N–H and O–H groups in total. The highest BCUT2D eigenvalue weighted by Crippen LogP contribution is 2.30. The van der Waals surface area contributed by atoms with E-state index in [4.69, 9.17) is 9.47 Å². The lowest BCUT2D eigenvalue weighted by Crippen LogP contribution is -2.37. The molecule has 4 heterocycles. The van der Waals surface area contributed by atoms with E-state index in [1.165, 1.54) is 48.6 Å². The highest BCUT2D eigenvalue weighted by Gasteiger charge is 2.22. The number of benzene rings is 4. The zero-order valence-electron chi connectivity index (χ0n) is 34.6. The van der Waals surface area contributed by atoms with Crippen LogP contribution < -0.4 is 31.1 Å². The summed E-state index contributed by atoms with van der Waals surface area (Å²) in [4.78, 5) is 30.3. The maximum Gasteiger partial charge on any atom is 0.295 e. The molecular weight excluding hydrogens is 865 g/mol. The Morgan fingerprint density at radius 3 is 1.12 bits per heavy atom. The fourth-order valence-electron chi connectivity index (χ4n) is 6.68. The van der Waals surface area contributed by atoms with Gasteiger partial charge in [-0.3, -0.25) is 9.11 Å². The molecule has 0 unspecified atom stereocenters. The van der Waals surface area contributed by atoms with Crippen LogP contribution in [0.4, 0.5) is 58.4 Å². The number of ether oxygens (including phenoxy) is 2. The van der Waals surface area contributed by atoms with Gasteiger partial charge in [0.25, 0.3) is 20.2 Å². The van der Waals surface area contributed by atoms with E-state index in [1.807, 2.05) is 72.2 Å². The van der Waals surface area contributed by atoms with E-state index in [2.05, 4.69) is 51.2 Å². The van der Waals surface area contributed by atoms with Crippen LogP contribution in [0.5, 0.6) is 0 Å². The minimum absolute atomic E-state index is 0.0114. The Bertz CT molecular complexity index is 2700. The van der Waals surface area contributed by atoms with Gasteiger partial charge in [-0.05, 0) is 73.5 Å². The number of morpholine rings is 2. The molecule has 4 aromatic carbocycles. The first-order chi connectivity index (χ1) is 30.7. The second-order valence-corrected chi connectivity index (χ2v) is 17.6. The number of hydrogen-bond donors (Lipinski definition) is 6. The minimum atomic E-state index is -4.84. The van der Waals surface area contributed by atoms with Gasteiger partial charge in [-0.1, -0.05) is 59.7 Å². The van der Waals surface area contributed by atoms with Crippen molar-refractivity contribution in [3.05, 3.63) is 107 Å². The van der Waals surface area contributed by atoms with Gasteiger partial charge in [-0.2, -0.15) is 46.7 Å². The molecule has 2 fully saturated rings. The number of aromatic nitrogens is 6. The van der Waals surface area contributed by atoms with Gasteiger partial charge in [-0.15, -0.1) is 0 Å². The van der Waals surface area contributed by atoms with E-state index in [9.17, 15) is 25.9 Å². The lowest BCUT2D eigenvalue weighted by atomic mass is 10.1. The van der Waals surface area contributed by atoms with Crippen molar-refractivity contribution in [2.24, 2.45) is 0 Å². The normalized spacial score (nSPS) is 14.7. The van der Waals surface area contributed by atoms with Crippen LogP contribution in [0.3, 0.4) is 0 Å². The highest BCUT2D eigenvalue weighted by molar-refractivity contribution is 7.86. The SMILES string of the molecule is Cc1ccc(Nc2nc(Nc3ccc(C=Cc4ccc(Nc5nc(Nc6ccc(C)cc6)nc(N6CCOCC6)n5)cc4S(=O)(=O)O)c(S(=O)(=O)O)c3)nc(N3CCOCC3)n2)cc1. The fraction of sp³-hybridized carbons (Fsp3) is 0.238. The standard InChI is InChI=1S/C42H44N12O8S2/c1-27-3-11-31(12-4-27)43-37-47-39(51-41(49-37)53-17-21-61-22-18-53)45-33-15-9-29(35(25-33)63(55,56)57)7-8-30-10-16-34(26-36(30)64(58,59)60)46-40-48-38(44-32-13-5-28(2)6-14-32)50-42(52-40)54-19-23-62-24-20-54/h3-16,25-26H,17-24H2,1-2H3,(H,55,56,57)(H,58,59,60)(H2,43,45,47,49,51)(H2,44,46,48,50,52). The molecule has 64 heavy (non-hydrogen) atoms. The molecule has 2 aromatic heterocycles. The van der Waals surface area contributed by atoms with E-state index in [1.54, 1.807) is 0 Å². The molecule has 2 aliphatic rings. The molecule has 0 radical (unpaired) electrons. The van der Waals surface area contributed by atoms with Crippen LogP contribution in [0.2, 0.25) is 0 Å². The first-order valence-electron chi connectivity index (χ1n) is 20.0. The zero-order chi connectivity index (χ0) is 44.8. The van der Waals surface area contributed by atoms with Crippen molar-refractivity contribution in [1.82, 2.24) is 29.9 Å². The summed E-state index contributed by atoms with van der Waals surface area (Å²) in [5.74, 6) is 1.39. The Kier molecular flexibility index (Phi) is 12.9. The second kappa shape index (κ2) is 18.9. The fourth-order valence-corrected chi connectivity index (χ4v) is 8.10. The molecule has 2 aliphatic heterocycles. The molecule has 0 bridgehead atoms. The van der Waals surface area contributed by atoms with E-state index >= 15 is 0 Å². The third-order valence-electron chi connectivity index (χ3n) is 9.99. The summed E-state index contributed by atoms with van der Waals surface area (Å²) in [7, 11) is -9.68. The van der Waals surface area contributed by atoms with Gasteiger partial charge >= 0.3 is 0 Å². The molecule has 0 spiro atoms. The van der Waals surface area contributed by atoms with Crippen molar-refractivity contribution in [3.63, 3.8) is 0 Å². The van der Waals surface area contributed by atoms with Crippen molar-refractivity contribution in [3.8, 4) is 0 Å². The summed E-state index contributed by atoms with van der Waals surface area (Å²) in [6.45, 7) is 8.07. The Labute approximate surface area is 369 Å². The van der Waals surface area contributed by atoms with Crippen LogP contribution >= 0.6 is 0 Å². The number of nitrogens with one attached hydrogen (secondary N) is 4. The van der Waals surface area contributed by atoms with Gasteiger partial charge in [0, 0.05) is 48.9 Å². The number of nitrogens with zero attached hydrogens (tertiary/aromatic N) is 8. The van der Waals surface area contributed by atoms with E-state index < -0.39 is 30.0 Å². The number of rotatable bonds is 14. The Morgan fingerprint density at radius 1 is 0.484 bits per heavy atom. The Hall–Kier alpha value is -6.82.